The predicted octanol–water partition coefficient (Wildman–Crippen LogP) is 21.4. The molecule has 0 spiro atoms. The smallest absolute Gasteiger partial charge is 0.306 e. The number of phosphoric acid groups is 1. The van der Waals surface area contributed by atoms with E-state index in [0.29, 0.717) is 17.4 Å². The molecule has 2 unspecified atom stereocenters. The molecule has 0 aliphatic carbocycles. The maximum absolute atomic E-state index is 12.8. The number of ether oxygens (including phenoxy) is 2. The molecule has 0 saturated heterocycles. The molecule has 0 aromatic heterocycles. The summed E-state index contributed by atoms with van der Waals surface area (Å²) in [5, 5.41) is 0. The van der Waals surface area contributed by atoms with Crippen LogP contribution in [0.5, 0.6) is 0 Å². The number of carbonyl (C=O) groups excluding carboxylic acids is 2. The monoisotopic (exact) mass is 1150 g/mol. The number of hydrogen-bond acceptors (Lipinski definition) is 8. The van der Waals surface area contributed by atoms with Gasteiger partial charge in [0, 0.05) is 12.8 Å². The van der Waals surface area contributed by atoms with Gasteiger partial charge in [-0.1, -0.05) is 294 Å². The standard InChI is InChI=1S/C70H132NO8P/c1-6-8-10-12-14-16-18-20-22-24-26-28-29-30-31-32-33-34-35-36-37-38-39-40-41-43-44-46-48-50-52-54-56-58-60-62-69(72)76-66-68(67-78-80(74,75)77-65-64-71(3,4)5)79-70(73)63-61-59-57-55-53-51-49-47-45-42-27-25-23-21-19-17-15-13-11-9-7-2/h19,21,24-27,45,47,68H,6-18,20,22-23,28-44,46,48-67H2,1-5H3/b21-19-,26-24-,27-25-,47-45-. The van der Waals surface area contributed by atoms with E-state index in [0.717, 1.165) is 70.6 Å². The fourth-order valence-electron chi connectivity index (χ4n) is 10.0. The highest BCUT2D eigenvalue weighted by Gasteiger charge is 2.22. The Kier molecular flexibility index (Phi) is 60.0. The Morgan fingerprint density at radius 2 is 0.675 bits per heavy atom. The Labute approximate surface area is 496 Å². The van der Waals surface area contributed by atoms with Crippen molar-refractivity contribution < 1.29 is 42.1 Å². The summed E-state index contributed by atoms with van der Waals surface area (Å²) < 4.78 is 34.3. The van der Waals surface area contributed by atoms with E-state index in [1.54, 1.807) is 0 Å². The van der Waals surface area contributed by atoms with Gasteiger partial charge in [-0.3, -0.25) is 14.2 Å². The van der Waals surface area contributed by atoms with Crippen molar-refractivity contribution in [3.05, 3.63) is 48.6 Å². The molecule has 0 N–H and O–H groups in total. The van der Waals surface area contributed by atoms with Crippen molar-refractivity contribution in [3.63, 3.8) is 0 Å². The Bertz CT molecular complexity index is 1490. The van der Waals surface area contributed by atoms with Crippen LogP contribution >= 0.6 is 7.82 Å². The zero-order valence-corrected chi connectivity index (χ0v) is 54.4. The Hall–Kier alpha value is -2.03. The Morgan fingerprint density at radius 1 is 0.388 bits per heavy atom. The van der Waals surface area contributed by atoms with Crippen molar-refractivity contribution in [3.8, 4) is 0 Å². The number of hydrogen-bond donors (Lipinski definition) is 0. The van der Waals surface area contributed by atoms with Crippen LogP contribution in [0.4, 0.5) is 0 Å². The van der Waals surface area contributed by atoms with E-state index in [4.69, 9.17) is 18.5 Å². The largest absolute Gasteiger partial charge is 0.756 e. The zero-order valence-electron chi connectivity index (χ0n) is 53.5. The van der Waals surface area contributed by atoms with E-state index in [9.17, 15) is 19.0 Å². The molecule has 0 bridgehead atoms. The number of likely N-dealkylation sites (N-methyl/N-ethyl adjacent to an activating group) is 1. The summed E-state index contributed by atoms with van der Waals surface area (Å²) in [6, 6.07) is 0. The number of quaternary nitrogens is 1. The minimum absolute atomic E-state index is 0.0331. The normalized spacial score (nSPS) is 13.4. The summed E-state index contributed by atoms with van der Waals surface area (Å²) in [7, 11) is 1.17. The van der Waals surface area contributed by atoms with Crippen molar-refractivity contribution >= 4 is 19.8 Å². The molecule has 0 rings (SSSR count). The minimum atomic E-state index is -4.64. The maximum Gasteiger partial charge on any atom is 0.306 e. The van der Waals surface area contributed by atoms with Gasteiger partial charge >= 0.3 is 11.9 Å². The summed E-state index contributed by atoms with van der Waals surface area (Å²) >= 11 is 0. The summed E-state index contributed by atoms with van der Waals surface area (Å²) in [5.41, 5.74) is 0. The number of rotatable bonds is 64. The van der Waals surface area contributed by atoms with Crippen LogP contribution < -0.4 is 4.89 Å². The molecule has 9 nitrogen and oxygen atoms in total. The third kappa shape index (κ3) is 65.1. The first-order valence-electron chi connectivity index (χ1n) is 34.3. The first kappa shape index (κ1) is 78.0. The van der Waals surface area contributed by atoms with Crippen molar-refractivity contribution in [1.82, 2.24) is 0 Å². The molecule has 0 amide bonds. The number of phosphoric ester groups is 1. The fraction of sp³-hybridized carbons (Fsp3) is 0.857. The van der Waals surface area contributed by atoms with Gasteiger partial charge in [0.25, 0.3) is 7.82 Å². The third-order valence-electron chi connectivity index (χ3n) is 15.3. The van der Waals surface area contributed by atoms with Crippen LogP contribution in [0.15, 0.2) is 48.6 Å². The number of carbonyl (C=O) groups is 2. The topological polar surface area (TPSA) is 111 Å². The van der Waals surface area contributed by atoms with Gasteiger partial charge in [0.2, 0.25) is 0 Å². The average molecular weight is 1150 g/mol. The van der Waals surface area contributed by atoms with Gasteiger partial charge in [-0.2, -0.15) is 0 Å². The second kappa shape index (κ2) is 61.5. The minimum Gasteiger partial charge on any atom is -0.756 e. The second-order valence-electron chi connectivity index (χ2n) is 24.5. The van der Waals surface area contributed by atoms with Gasteiger partial charge in [0.1, 0.15) is 19.8 Å². The highest BCUT2D eigenvalue weighted by molar-refractivity contribution is 7.45. The number of nitrogens with zero attached hydrogens (tertiary/aromatic N) is 1. The van der Waals surface area contributed by atoms with Crippen molar-refractivity contribution in [2.24, 2.45) is 0 Å². The molecule has 470 valence electrons. The molecule has 0 radical (unpaired) electrons. The van der Waals surface area contributed by atoms with Crippen molar-refractivity contribution in [2.45, 2.75) is 341 Å². The van der Waals surface area contributed by atoms with Crippen molar-refractivity contribution in [1.29, 1.82) is 0 Å². The number of allylic oxidation sites excluding steroid dienone is 8. The van der Waals surface area contributed by atoms with E-state index in [2.05, 4.69) is 62.5 Å². The summed E-state index contributed by atoms with van der Waals surface area (Å²) in [4.78, 5) is 38.0. The average Bonchev–Trinajstić information content (AvgIpc) is 3.42. The van der Waals surface area contributed by atoms with Crippen molar-refractivity contribution in [2.75, 3.05) is 47.5 Å². The second-order valence-corrected chi connectivity index (χ2v) is 25.9. The molecule has 0 aromatic carbocycles. The first-order valence-corrected chi connectivity index (χ1v) is 35.8. The highest BCUT2D eigenvalue weighted by Crippen LogP contribution is 2.38. The Balaban J connectivity index is 3.98. The SMILES string of the molecule is CCCCCCC/C=C\C/C=C\C/C=C\CCCCCCCCC(=O)OC(COC(=O)CCCCCCCCCCCCCCCCCCCCCCCCC/C=C\CCCCCCCCCC)COP(=O)([O-])OCC[N+](C)(C)C. The van der Waals surface area contributed by atoms with Crippen LogP contribution in [0, 0.1) is 0 Å². The number of unbranched alkanes of at least 4 members (excludes halogenated alkanes) is 42. The van der Waals surface area contributed by atoms with Crippen LogP contribution in [0.3, 0.4) is 0 Å². The molecule has 10 heteroatoms. The van der Waals surface area contributed by atoms with Crippen LogP contribution in [-0.2, 0) is 32.7 Å². The molecule has 0 aliphatic heterocycles. The third-order valence-corrected chi connectivity index (χ3v) is 16.3. The lowest BCUT2D eigenvalue weighted by Gasteiger charge is -2.28. The molecule has 2 atom stereocenters. The molecule has 0 saturated carbocycles. The first-order chi connectivity index (χ1) is 39.0. The molecule has 0 fully saturated rings. The Morgan fingerprint density at radius 3 is 1.01 bits per heavy atom. The highest BCUT2D eigenvalue weighted by atomic mass is 31.2. The molecular formula is C70H132NO8P. The van der Waals surface area contributed by atoms with E-state index >= 15 is 0 Å². The molecule has 0 aliphatic rings. The van der Waals surface area contributed by atoms with Gasteiger partial charge in [-0.05, 0) is 77.0 Å². The van der Waals surface area contributed by atoms with Gasteiger partial charge in [-0.25, -0.2) is 0 Å². The van der Waals surface area contributed by atoms with Crippen LogP contribution in [0.2, 0.25) is 0 Å². The number of esters is 2. The van der Waals surface area contributed by atoms with Crippen LogP contribution in [0.1, 0.15) is 335 Å². The van der Waals surface area contributed by atoms with Gasteiger partial charge in [0.15, 0.2) is 6.10 Å². The van der Waals surface area contributed by atoms with Crippen LogP contribution in [-0.4, -0.2) is 70.0 Å². The summed E-state index contributed by atoms with van der Waals surface area (Å²) in [6.07, 6.45) is 79.1. The molecule has 0 heterocycles. The van der Waals surface area contributed by atoms with E-state index < -0.39 is 26.5 Å². The predicted molar refractivity (Wildman–Crippen MR) is 342 cm³/mol. The van der Waals surface area contributed by atoms with E-state index in [1.807, 2.05) is 21.1 Å². The van der Waals surface area contributed by atoms with E-state index in [-0.39, 0.29) is 32.0 Å². The summed E-state index contributed by atoms with van der Waals surface area (Å²) in [5.74, 6) is -0.834. The molecular weight excluding hydrogens is 1010 g/mol. The molecule has 0 aromatic rings. The van der Waals surface area contributed by atoms with E-state index in [1.165, 1.54) is 231 Å². The van der Waals surface area contributed by atoms with Gasteiger partial charge < -0.3 is 27.9 Å². The van der Waals surface area contributed by atoms with Gasteiger partial charge in [0.05, 0.1) is 27.7 Å². The maximum atomic E-state index is 12.8. The van der Waals surface area contributed by atoms with Crippen LogP contribution in [0.25, 0.3) is 0 Å². The molecule has 80 heavy (non-hydrogen) atoms. The lowest BCUT2D eigenvalue weighted by Crippen LogP contribution is -2.37. The fourth-order valence-corrected chi connectivity index (χ4v) is 10.7. The lowest BCUT2D eigenvalue weighted by atomic mass is 10.0. The lowest BCUT2D eigenvalue weighted by molar-refractivity contribution is -0.870. The quantitative estimate of drug-likeness (QED) is 0.0195. The zero-order chi connectivity index (χ0) is 58.4. The summed E-state index contributed by atoms with van der Waals surface area (Å²) in [6.45, 7) is 4.26. The van der Waals surface area contributed by atoms with Gasteiger partial charge in [-0.15, -0.1) is 0 Å².